The molecule has 0 aromatic rings. The Bertz CT molecular complexity index is 508. The monoisotopic (exact) mass is 347 g/mol. The molecular weight excluding hydrogens is 323 g/mol. The Morgan fingerprint density at radius 3 is 2.04 bits per heavy atom. The molecule has 136 valence electrons. The van der Waals surface area contributed by atoms with Crippen LogP contribution in [-0.4, -0.2) is 41.1 Å². The number of piperidine rings is 1. The molecule has 1 unspecified atom stereocenters. The van der Waals surface area contributed by atoms with Gasteiger partial charge in [0, 0.05) is 19.0 Å². The summed E-state index contributed by atoms with van der Waals surface area (Å²) in [5.41, 5.74) is -0.773. The Morgan fingerprint density at radius 1 is 1.00 bits per heavy atom. The number of hydrogen-bond acceptors (Lipinski definition) is 2. The van der Waals surface area contributed by atoms with Crippen LogP contribution in [0.4, 0.5) is 13.2 Å². The van der Waals surface area contributed by atoms with E-state index in [-0.39, 0.29) is 37.3 Å². The quantitative estimate of drug-likeness (QED) is 0.832. The molecule has 1 saturated heterocycles. The van der Waals surface area contributed by atoms with Gasteiger partial charge in [0.15, 0.2) is 0 Å². The van der Waals surface area contributed by atoms with Crippen LogP contribution in [0.15, 0.2) is 0 Å². The van der Waals surface area contributed by atoms with Crippen molar-refractivity contribution in [3.8, 4) is 0 Å². The fraction of sp³-hybridized carbons (Fsp3) is 0.882. The zero-order valence-electron chi connectivity index (χ0n) is 13.6. The fourth-order valence-corrected chi connectivity index (χ4v) is 4.84. The van der Waals surface area contributed by atoms with Gasteiger partial charge < -0.3 is 10.0 Å². The van der Waals surface area contributed by atoms with Crippen LogP contribution < -0.4 is 0 Å². The van der Waals surface area contributed by atoms with Crippen LogP contribution >= 0.6 is 0 Å². The number of nitrogens with zero attached hydrogens (tertiary/aromatic N) is 1. The molecule has 3 fully saturated rings. The maximum atomic E-state index is 13.3. The summed E-state index contributed by atoms with van der Waals surface area (Å²) in [6, 6.07) is 0. The van der Waals surface area contributed by atoms with E-state index in [0.717, 1.165) is 6.42 Å². The fourth-order valence-electron chi connectivity index (χ4n) is 4.84. The normalized spacial score (nSPS) is 33.1. The summed E-state index contributed by atoms with van der Waals surface area (Å²) in [5.74, 6) is -2.78. The lowest BCUT2D eigenvalue weighted by Gasteiger charge is -2.54. The van der Waals surface area contributed by atoms with Crippen molar-refractivity contribution in [2.75, 3.05) is 13.1 Å². The largest absolute Gasteiger partial charge is 0.481 e. The Morgan fingerprint density at radius 2 is 1.58 bits per heavy atom. The lowest BCUT2D eigenvalue weighted by atomic mass is 9.58. The first-order valence-electron chi connectivity index (χ1n) is 8.81. The highest BCUT2D eigenvalue weighted by Crippen LogP contribution is 2.56. The van der Waals surface area contributed by atoms with Crippen LogP contribution in [0.5, 0.6) is 0 Å². The van der Waals surface area contributed by atoms with Gasteiger partial charge in [0.1, 0.15) is 0 Å². The number of carboxylic acid groups (broad SMARTS) is 1. The van der Waals surface area contributed by atoms with Crippen molar-refractivity contribution >= 4 is 11.9 Å². The summed E-state index contributed by atoms with van der Waals surface area (Å²) in [5, 5.41) is 9.02. The van der Waals surface area contributed by atoms with Gasteiger partial charge >= 0.3 is 12.1 Å². The van der Waals surface area contributed by atoms with Crippen molar-refractivity contribution in [3.05, 3.63) is 0 Å². The van der Waals surface area contributed by atoms with Crippen LogP contribution in [0.25, 0.3) is 0 Å². The molecule has 2 saturated carbocycles. The minimum absolute atomic E-state index is 0.000287. The topological polar surface area (TPSA) is 57.6 Å². The molecule has 1 atom stereocenters. The van der Waals surface area contributed by atoms with Gasteiger partial charge in [0.2, 0.25) is 5.91 Å². The minimum atomic E-state index is -4.19. The predicted molar refractivity (Wildman–Crippen MR) is 80.1 cm³/mol. The van der Waals surface area contributed by atoms with Gasteiger partial charge in [-0.3, -0.25) is 9.59 Å². The number of halogens is 3. The number of carbonyl (C=O) groups is 2. The Kier molecular flexibility index (Phi) is 4.55. The third-order valence-corrected chi connectivity index (χ3v) is 6.41. The van der Waals surface area contributed by atoms with Crippen LogP contribution in [-0.2, 0) is 9.59 Å². The maximum absolute atomic E-state index is 13.3. The van der Waals surface area contributed by atoms with Crippen molar-refractivity contribution in [1.29, 1.82) is 0 Å². The summed E-state index contributed by atoms with van der Waals surface area (Å²) in [7, 11) is 0. The lowest BCUT2D eigenvalue weighted by molar-refractivity contribution is -0.238. The van der Waals surface area contributed by atoms with Crippen molar-refractivity contribution in [3.63, 3.8) is 0 Å². The van der Waals surface area contributed by atoms with Crippen LogP contribution in [0, 0.1) is 23.2 Å². The highest BCUT2D eigenvalue weighted by molar-refractivity contribution is 5.79. The molecule has 0 aromatic heterocycles. The molecule has 1 heterocycles. The Labute approximate surface area is 139 Å². The predicted octanol–water partition coefficient (Wildman–Crippen LogP) is 3.46. The van der Waals surface area contributed by atoms with E-state index in [4.69, 9.17) is 5.11 Å². The lowest BCUT2D eigenvalue weighted by Crippen LogP contribution is -2.58. The summed E-state index contributed by atoms with van der Waals surface area (Å²) in [6.07, 6.45) is -0.262. The molecule has 1 aliphatic heterocycles. The second-order valence-electron chi connectivity index (χ2n) is 7.75. The van der Waals surface area contributed by atoms with E-state index in [2.05, 4.69) is 0 Å². The van der Waals surface area contributed by atoms with E-state index in [9.17, 15) is 22.8 Å². The van der Waals surface area contributed by atoms with Crippen molar-refractivity contribution < 1.29 is 27.9 Å². The second kappa shape index (κ2) is 6.23. The molecular formula is C17H24F3NO3. The van der Waals surface area contributed by atoms with Crippen LogP contribution in [0.2, 0.25) is 0 Å². The van der Waals surface area contributed by atoms with Gasteiger partial charge in [0.25, 0.3) is 0 Å². The zero-order valence-corrected chi connectivity index (χ0v) is 13.6. The number of hydrogen-bond donors (Lipinski definition) is 1. The van der Waals surface area contributed by atoms with Crippen molar-refractivity contribution in [2.24, 2.45) is 23.2 Å². The Balaban J connectivity index is 1.62. The van der Waals surface area contributed by atoms with E-state index >= 15 is 0 Å². The average molecular weight is 347 g/mol. The van der Waals surface area contributed by atoms with Crippen LogP contribution in [0.1, 0.15) is 51.4 Å². The van der Waals surface area contributed by atoms with E-state index in [1.165, 1.54) is 0 Å². The third-order valence-electron chi connectivity index (χ3n) is 6.41. The summed E-state index contributed by atoms with van der Waals surface area (Å²) >= 11 is 0. The first kappa shape index (κ1) is 17.5. The number of carbonyl (C=O) groups excluding carboxylic acids is 1. The molecule has 0 bridgehead atoms. The smallest absolute Gasteiger partial charge is 0.392 e. The molecule has 4 nitrogen and oxygen atoms in total. The summed E-state index contributed by atoms with van der Waals surface area (Å²) < 4.78 is 39.9. The third kappa shape index (κ3) is 3.14. The zero-order chi connectivity index (χ0) is 17.5. The number of aliphatic carboxylic acids is 1. The van der Waals surface area contributed by atoms with E-state index in [0.29, 0.717) is 38.5 Å². The molecule has 0 aromatic carbocycles. The number of alkyl halides is 3. The molecule has 1 spiro atoms. The number of amides is 1. The van der Waals surface area contributed by atoms with Gasteiger partial charge in [-0.05, 0) is 50.4 Å². The molecule has 24 heavy (non-hydrogen) atoms. The van der Waals surface area contributed by atoms with Gasteiger partial charge in [-0.25, -0.2) is 0 Å². The maximum Gasteiger partial charge on any atom is 0.392 e. The molecule has 3 rings (SSSR count). The van der Waals surface area contributed by atoms with Gasteiger partial charge in [-0.1, -0.05) is 6.42 Å². The van der Waals surface area contributed by atoms with Gasteiger partial charge in [-0.15, -0.1) is 0 Å². The molecule has 7 heteroatoms. The first-order valence-corrected chi connectivity index (χ1v) is 8.81. The standard InChI is InChI=1S/C17H24F3NO3/c18-17(19,20)13-6-9-21(10-16(13)7-1-8-16)14(22)11-2-4-12(5-3-11)15(23)24/h11-13H,1-10H2,(H,23,24). The summed E-state index contributed by atoms with van der Waals surface area (Å²) in [6.45, 7) is 0.387. The van der Waals surface area contributed by atoms with Crippen molar-refractivity contribution in [1.82, 2.24) is 4.90 Å². The van der Waals surface area contributed by atoms with Gasteiger partial charge in [0.05, 0.1) is 11.8 Å². The molecule has 2 aliphatic carbocycles. The van der Waals surface area contributed by atoms with Crippen molar-refractivity contribution in [2.45, 2.75) is 57.5 Å². The number of rotatable bonds is 2. The summed E-state index contributed by atoms with van der Waals surface area (Å²) in [4.78, 5) is 25.3. The van der Waals surface area contributed by atoms with E-state index < -0.39 is 23.5 Å². The number of likely N-dealkylation sites (tertiary alicyclic amines) is 1. The van der Waals surface area contributed by atoms with E-state index in [1.54, 1.807) is 4.90 Å². The average Bonchev–Trinajstić information content (AvgIpc) is 2.51. The SMILES string of the molecule is O=C(O)C1CCC(C(=O)N2CCC(C(F)(F)F)C3(CCC3)C2)CC1. The number of carboxylic acids is 1. The first-order chi connectivity index (χ1) is 11.2. The molecule has 1 amide bonds. The molecule has 3 aliphatic rings. The van der Waals surface area contributed by atoms with E-state index in [1.807, 2.05) is 0 Å². The highest BCUT2D eigenvalue weighted by atomic mass is 19.4. The minimum Gasteiger partial charge on any atom is -0.481 e. The molecule has 0 radical (unpaired) electrons. The molecule has 1 N–H and O–H groups in total. The van der Waals surface area contributed by atoms with Crippen LogP contribution in [0.3, 0.4) is 0 Å². The Hall–Kier alpha value is -1.27. The highest BCUT2D eigenvalue weighted by Gasteiger charge is 2.58. The van der Waals surface area contributed by atoms with Gasteiger partial charge in [-0.2, -0.15) is 13.2 Å². The second-order valence-corrected chi connectivity index (χ2v) is 7.75.